The molecule has 2 rings (SSSR count). The average Bonchev–Trinajstić information content (AvgIpc) is 2.99. The van der Waals surface area contributed by atoms with Gasteiger partial charge in [0.25, 0.3) is 5.91 Å². The molecule has 0 aliphatic rings. The zero-order valence-corrected chi connectivity index (χ0v) is 14.5. The highest BCUT2D eigenvalue weighted by Crippen LogP contribution is 2.27. The van der Waals surface area contributed by atoms with Crippen LogP contribution in [0.1, 0.15) is 10.4 Å². The number of amides is 1. The highest BCUT2D eigenvalue weighted by molar-refractivity contribution is 8.01. The van der Waals surface area contributed by atoms with Crippen molar-refractivity contribution in [2.45, 2.75) is 4.34 Å². The first-order chi connectivity index (χ1) is 11.0. The highest BCUT2D eigenvalue weighted by atomic mass is 35.5. The molecule has 2 aromatic rings. The van der Waals surface area contributed by atoms with Crippen molar-refractivity contribution in [2.24, 2.45) is 0 Å². The second-order valence-electron chi connectivity index (χ2n) is 4.04. The fourth-order valence-electron chi connectivity index (χ4n) is 1.52. The van der Waals surface area contributed by atoms with Crippen LogP contribution in [0.25, 0.3) is 0 Å². The van der Waals surface area contributed by atoms with Crippen molar-refractivity contribution in [2.75, 3.05) is 25.3 Å². The molecule has 122 valence electrons. The molecule has 0 radical (unpaired) electrons. The molecule has 23 heavy (non-hydrogen) atoms. The maximum Gasteiger partial charge on any atom is 0.316 e. The molecule has 0 aliphatic carbocycles. The van der Waals surface area contributed by atoms with Crippen molar-refractivity contribution in [3.05, 3.63) is 28.8 Å². The van der Waals surface area contributed by atoms with Gasteiger partial charge in [-0.1, -0.05) is 34.7 Å². The predicted molar refractivity (Wildman–Crippen MR) is 88.6 cm³/mol. The number of thioether (sulfide) groups is 1. The van der Waals surface area contributed by atoms with Crippen molar-refractivity contribution in [3.8, 4) is 5.75 Å². The summed E-state index contributed by atoms with van der Waals surface area (Å²) in [4.78, 5) is 23.4. The van der Waals surface area contributed by atoms with Crippen molar-refractivity contribution in [3.63, 3.8) is 0 Å². The van der Waals surface area contributed by atoms with Gasteiger partial charge in [-0.3, -0.25) is 14.9 Å². The molecule has 0 unspecified atom stereocenters. The molecule has 0 aliphatic heterocycles. The van der Waals surface area contributed by atoms with Crippen molar-refractivity contribution in [1.82, 2.24) is 10.2 Å². The van der Waals surface area contributed by atoms with Crippen LogP contribution in [0.5, 0.6) is 5.75 Å². The Bertz CT molecular complexity index is 723. The number of ether oxygens (including phenoxy) is 2. The second kappa shape index (κ2) is 8.14. The topological polar surface area (TPSA) is 90.4 Å². The maximum absolute atomic E-state index is 12.3. The Hall–Kier alpha value is -1.84. The second-order valence-corrected chi connectivity index (χ2v) is 6.67. The van der Waals surface area contributed by atoms with Gasteiger partial charge < -0.3 is 9.47 Å². The van der Waals surface area contributed by atoms with Crippen molar-refractivity contribution >= 4 is 51.7 Å². The molecule has 0 bridgehead atoms. The van der Waals surface area contributed by atoms with E-state index in [4.69, 9.17) is 16.3 Å². The number of methoxy groups -OCH3 is 2. The van der Waals surface area contributed by atoms with Gasteiger partial charge in [0, 0.05) is 5.02 Å². The average molecular weight is 374 g/mol. The van der Waals surface area contributed by atoms with Gasteiger partial charge in [0.1, 0.15) is 5.75 Å². The van der Waals surface area contributed by atoms with E-state index in [0.717, 1.165) is 11.3 Å². The third kappa shape index (κ3) is 4.81. The number of esters is 1. The monoisotopic (exact) mass is 373 g/mol. The number of anilines is 1. The molecule has 0 spiro atoms. The minimum Gasteiger partial charge on any atom is -0.496 e. The molecule has 0 saturated carbocycles. The van der Waals surface area contributed by atoms with Crippen LogP contribution in [0.3, 0.4) is 0 Å². The van der Waals surface area contributed by atoms with Gasteiger partial charge in [0.2, 0.25) is 5.13 Å². The Labute approximate surface area is 145 Å². The highest BCUT2D eigenvalue weighted by Gasteiger charge is 2.16. The van der Waals surface area contributed by atoms with Crippen LogP contribution in [0.15, 0.2) is 22.5 Å². The minimum absolute atomic E-state index is 0.126. The molecule has 1 heterocycles. The van der Waals surface area contributed by atoms with Gasteiger partial charge in [0.05, 0.1) is 25.5 Å². The summed E-state index contributed by atoms with van der Waals surface area (Å²) in [6, 6.07) is 4.74. The van der Waals surface area contributed by atoms with E-state index in [0.29, 0.717) is 25.8 Å². The van der Waals surface area contributed by atoms with E-state index in [1.54, 1.807) is 12.1 Å². The first-order valence-electron chi connectivity index (χ1n) is 6.21. The normalized spacial score (nSPS) is 10.2. The number of hydrogen-bond acceptors (Lipinski definition) is 8. The van der Waals surface area contributed by atoms with Gasteiger partial charge in [0.15, 0.2) is 4.34 Å². The molecule has 1 aromatic carbocycles. The largest absolute Gasteiger partial charge is 0.496 e. The van der Waals surface area contributed by atoms with Gasteiger partial charge in [-0.05, 0) is 18.2 Å². The van der Waals surface area contributed by atoms with Crippen LogP contribution in [-0.2, 0) is 9.53 Å². The number of aromatic nitrogens is 2. The number of halogens is 1. The Morgan fingerprint density at radius 3 is 2.83 bits per heavy atom. The van der Waals surface area contributed by atoms with Crippen molar-refractivity contribution in [1.29, 1.82) is 0 Å². The summed E-state index contributed by atoms with van der Waals surface area (Å²) >= 11 is 8.23. The van der Waals surface area contributed by atoms with E-state index in [9.17, 15) is 9.59 Å². The molecule has 0 fully saturated rings. The third-order valence-corrected chi connectivity index (χ3v) is 4.75. The molecule has 7 nitrogen and oxygen atoms in total. The fraction of sp³-hybridized carbons (Fsp3) is 0.231. The fourth-order valence-corrected chi connectivity index (χ4v) is 3.27. The molecule has 1 amide bonds. The van der Waals surface area contributed by atoms with Crippen molar-refractivity contribution < 1.29 is 19.1 Å². The number of nitrogens with zero attached hydrogens (tertiary/aromatic N) is 2. The smallest absolute Gasteiger partial charge is 0.316 e. The first-order valence-corrected chi connectivity index (χ1v) is 8.39. The van der Waals surface area contributed by atoms with E-state index in [1.807, 2.05) is 0 Å². The zero-order chi connectivity index (χ0) is 16.8. The summed E-state index contributed by atoms with van der Waals surface area (Å²) in [6.45, 7) is 0. The lowest BCUT2D eigenvalue weighted by atomic mass is 10.2. The van der Waals surface area contributed by atoms with E-state index in [1.165, 1.54) is 32.0 Å². The number of benzene rings is 1. The van der Waals surface area contributed by atoms with Crippen LogP contribution in [-0.4, -0.2) is 42.0 Å². The van der Waals surface area contributed by atoms with Crippen LogP contribution >= 0.6 is 34.7 Å². The Morgan fingerprint density at radius 1 is 1.35 bits per heavy atom. The predicted octanol–water partition coefficient (Wildman–Crippen LogP) is 2.72. The standard InChI is InChI=1S/C13H12ClN3O4S2/c1-20-9-4-3-7(14)5-8(9)11(19)15-12-16-17-13(23-12)22-6-10(18)21-2/h3-5H,6H2,1-2H3,(H,15,16,19). The summed E-state index contributed by atoms with van der Waals surface area (Å²) in [6.07, 6.45) is 0. The lowest BCUT2D eigenvalue weighted by Crippen LogP contribution is -2.13. The summed E-state index contributed by atoms with van der Waals surface area (Å²) < 4.78 is 10.2. The minimum atomic E-state index is -0.412. The number of hydrogen-bond donors (Lipinski definition) is 1. The van der Waals surface area contributed by atoms with Gasteiger partial charge >= 0.3 is 5.97 Å². The van der Waals surface area contributed by atoms with E-state index in [2.05, 4.69) is 20.3 Å². The molecule has 0 saturated heterocycles. The Balaban J connectivity index is 2.05. The van der Waals surface area contributed by atoms with E-state index >= 15 is 0 Å². The summed E-state index contributed by atoms with van der Waals surface area (Å²) in [5.41, 5.74) is 0.291. The molecular weight excluding hydrogens is 362 g/mol. The van der Waals surface area contributed by atoms with E-state index < -0.39 is 5.91 Å². The Morgan fingerprint density at radius 2 is 2.13 bits per heavy atom. The Kier molecular flexibility index (Phi) is 6.20. The zero-order valence-electron chi connectivity index (χ0n) is 12.2. The van der Waals surface area contributed by atoms with Crippen LogP contribution in [0, 0.1) is 0 Å². The van der Waals surface area contributed by atoms with Gasteiger partial charge in [-0.15, -0.1) is 10.2 Å². The number of nitrogens with one attached hydrogen (secondary N) is 1. The molecule has 1 N–H and O–H groups in total. The molecule has 1 aromatic heterocycles. The lowest BCUT2D eigenvalue weighted by Gasteiger charge is -2.07. The summed E-state index contributed by atoms with van der Waals surface area (Å²) in [5.74, 6) is -0.248. The quantitative estimate of drug-likeness (QED) is 0.473. The number of rotatable bonds is 6. The number of carbonyl (C=O) groups excluding carboxylic acids is 2. The number of carbonyl (C=O) groups is 2. The molecular formula is C13H12ClN3O4S2. The van der Waals surface area contributed by atoms with Crippen LogP contribution in [0.2, 0.25) is 5.02 Å². The van der Waals surface area contributed by atoms with Crippen LogP contribution in [0.4, 0.5) is 5.13 Å². The first kappa shape index (κ1) is 17.5. The summed E-state index contributed by atoms with van der Waals surface area (Å²) in [5, 5.41) is 11.1. The molecule has 10 heteroatoms. The third-order valence-electron chi connectivity index (χ3n) is 2.57. The lowest BCUT2D eigenvalue weighted by molar-refractivity contribution is -0.137. The van der Waals surface area contributed by atoms with Gasteiger partial charge in [-0.2, -0.15) is 0 Å². The SMILES string of the molecule is COC(=O)CSc1nnc(NC(=O)c2cc(Cl)ccc2OC)s1. The van der Waals surface area contributed by atoms with Gasteiger partial charge in [-0.25, -0.2) is 0 Å². The van der Waals surface area contributed by atoms with Crippen LogP contribution < -0.4 is 10.1 Å². The summed E-state index contributed by atoms with van der Waals surface area (Å²) in [7, 11) is 2.78. The van der Waals surface area contributed by atoms with E-state index in [-0.39, 0.29) is 11.7 Å². The maximum atomic E-state index is 12.3. The molecule has 0 atom stereocenters.